The molecule has 6 rings (SSSR count). The summed E-state index contributed by atoms with van der Waals surface area (Å²) in [6.45, 7) is -1.67. The van der Waals surface area contributed by atoms with Crippen LogP contribution in [0.15, 0.2) is 73.1 Å². The smallest absolute Gasteiger partial charge is 0.261 e. The second-order valence-corrected chi connectivity index (χ2v) is 6.64. The van der Waals surface area contributed by atoms with Crippen molar-refractivity contribution in [2.45, 2.75) is 6.54 Å². The van der Waals surface area contributed by atoms with Gasteiger partial charge in [-0.15, -0.1) is 0 Å². The molecular weight excluding hydrogens is 320 g/mol. The molecule has 0 aliphatic carbocycles. The first-order valence-corrected chi connectivity index (χ1v) is 8.62. The van der Waals surface area contributed by atoms with Crippen LogP contribution < -0.4 is 4.57 Å². The summed E-state index contributed by atoms with van der Waals surface area (Å²) in [6, 6.07) is 20.0. The maximum absolute atomic E-state index is 8.33. The first-order valence-electron chi connectivity index (χ1n) is 10.1. The molecule has 0 atom stereocenters. The summed E-state index contributed by atoms with van der Waals surface area (Å²) in [5, 5.41) is 0.884. The molecule has 0 radical (unpaired) electrons. The van der Waals surface area contributed by atoms with Gasteiger partial charge in [0.15, 0.2) is 5.52 Å². The van der Waals surface area contributed by atoms with Crippen molar-refractivity contribution in [1.82, 2.24) is 14.1 Å². The molecular formula is C22H17N4+. The lowest BCUT2D eigenvalue weighted by Crippen LogP contribution is -2.33. The zero-order valence-electron chi connectivity index (χ0n) is 16.9. The number of rotatable bonds is 1. The zero-order chi connectivity index (χ0) is 19.8. The van der Waals surface area contributed by atoms with Gasteiger partial charge in [0.2, 0.25) is 5.82 Å². The zero-order valence-corrected chi connectivity index (χ0v) is 13.9. The minimum atomic E-state index is -2.31. The molecule has 26 heavy (non-hydrogen) atoms. The van der Waals surface area contributed by atoms with Gasteiger partial charge < -0.3 is 0 Å². The molecule has 2 aromatic carbocycles. The van der Waals surface area contributed by atoms with Gasteiger partial charge in [-0.25, -0.2) is 9.13 Å². The predicted octanol–water partition coefficient (Wildman–Crippen LogP) is 3.83. The lowest BCUT2D eigenvalue weighted by Gasteiger charge is -2.03. The highest BCUT2D eigenvalue weighted by Gasteiger charge is 2.35. The molecule has 0 saturated heterocycles. The monoisotopic (exact) mass is 340 g/mol. The number of imidazole rings is 1. The van der Waals surface area contributed by atoms with Crippen molar-refractivity contribution >= 4 is 22.1 Å². The average molecular weight is 340 g/mol. The fourth-order valence-corrected chi connectivity index (χ4v) is 4.20. The molecule has 0 N–H and O–H groups in total. The van der Waals surface area contributed by atoms with Gasteiger partial charge in [0, 0.05) is 11.8 Å². The van der Waals surface area contributed by atoms with Crippen molar-refractivity contribution in [2.75, 3.05) is 0 Å². The Morgan fingerprint density at radius 3 is 2.77 bits per heavy atom. The van der Waals surface area contributed by atoms with Gasteiger partial charge in [-0.05, 0) is 24.3 Å². The Labute approximate surface area is 154 Å². The van der Waals surface area contributed by atoms with Crippen molar-refractivity contribution in [1.29, 1.82) is 0 Å². The minimum absolute atomic E-state index is 0.641. The van der Waals surface area contributed by atoms with Gasteiger partial charge in [-0.3, -0.25) is 9.55 Å². The molecule has 4 nitrogen and oxygen atoms in total. The molecule has 0 amide bonds. The van der Waals surface area contributed by atoms with Gasteiger partial charge >= 0.3 is 0 Å². The lowest BCUT2D eigenvalue weighted by molar-refractivity contribution is -0.648. The van der Waals surface area contributed by atoms with Crippen LogP contribution in [-0.2, 0) is 13.5 Å². The van der Waals surface area contributed by atoms with Gasteiger partial charge in [0.25, 0.3) is 5.65 Å². The van der Waals surface area contributed by atoms with E-state index in [9.17, 15) is 0 Å². The molecule has 5 aromatic rings. The Bertz CT molecular complexity index is 1410. The number of fused-ring (bicyclic) bond motifs is 7. The van der Waals surface area contributed by atoms with E-state index < -0.39 is 6.98 Å². The van der Waals surface area contributed by atoms with Crippen LogP contribution in [0.5, 0.6) is 0 Å². The number of para-hydroxylation sites is 1. The normalized spacial score (nSPS) is 14.8. The molecule has 1 aliphatic rings. The quantitative estimate of drug-likeness (QED) is 0.418. The highest BCUT2D eigenvalue weighted by atomic mass is 15.2. The highest BCUT2D eigenvalue weighted by molar-refractivity contribution is 6.05. The number of benzene rings is 2. The Kier molecular flexibility index (Phi) is 2.09. The van der Waals surface area contributed by atoms with Crippen molar-refractivity contribution in [3.63, 3.8) is 0 Å². The summed E-state index contributed by atoms with van der Waals surface area (Å²) < 4.78 is 30.8. The van der Waals surface area contributed by atoms with Crippen LogP contribution in [0, 0.1) is 0 Å². The molecule has 4 heterocycles. The van der Waals surface area contributed by atoms with E-state index in [0.29, 0.717) is 6.54 Å². The molecule has 0 unspecified atom stereocenters. The summed E-state index contributed by atoms with van der Waals surface area (Å²) in [6.07, 6.45) is 3.53. The summed E-state index contributed by atoms with van der Waals surface area (Å²) >= 11 is 0. The maximum Gasteiger partial charge on any atom is 0.275 e. The van der Waals surface area contributed by atoms with Crippen molar-refractivity contribution < 1.29 is 8.68 Å². The van der Waals surface area contributed by atoms with Crippen LogP contribution in [0.4, 0.5) is 0 Å². The van der Waals surface area contributed by atoms with Gasteiger partial charge in [0.1, 0.15) is 11.2 Å². The molecule has 0 bridgehead atoms. The van der Waals surface area contributed by atoms with E-state index in [1.807, 2.05) is 54.6 Å². The average Bonchev–Trinajstić information content (AvgIpc) is 3.34. The number of hydrogen-bond donors (Lipinski definition) is 0. The fraction of sp³-hybridized carbons (Fsp3) is 0.0909. The number of pyridine rings is 1. The summed E-state index contributed by atoms with van der Waals surface area (Å²) in [5.74, 6) is 0.731. The Hall–Kier alpha value is -3.40. The third-order valence-corrected chi connectivity index (χ3v) is 5.27. The second-order valence-electron chi connectivity index (χ2n) is 6.64. The first-order chi connectivity index (χ1) is 14.1. The summed E-state index contributed by atoms with van der Waals surface area (Å²) in [5.41, 5.74) is 5.58. The molecule has 3 aromatic heterocycles. The number of aromatic nitrogens is 4. The molecule has 4 heteroatoms. The predicted molar refractivity (Wildman–Crippen MR) is 102 cm³/mol. The largest absolute Gasteiger partial charge is 0.275 e. The van der Waals surface area contributed by atoms with E-state index in [1.165, 1.54) is 4.57 Å². The number of aryl methyl sites for hydroxylation is 1. The van der Waals surface area contributed by atoms with Gasteiger partial charge in [-0.2, -0.15) is 0 Å². The topological polar surface area (TPSA) is 26.6 Å². The van der Waals surface area contributed by atoms with E-state index in [2.05, 4.69) is 20.2 Å². The van der Waals surface area contributed by atoms with Gasteiger partial charge in [-0.1, -0.05) is 36.4 Å². The van der Waals surface area contributed by atoms with Crippen LogP contribution in [0.3, 0.4) is 0 Å². The summed E-state index contributed by atoms with van der Waals surface area (Å²) in [7, 11) is 0. The molecule has 0 fully saturated rings. The third-order valence-electron chi connectivity index (χ3n) is 5.27. The van der Waals surface area contributed by atoms with Crippen molar-refractivity contribution in [3.05, 3.63) is 78.6 Å². The van der Waals surface area contributed by atoms with Crippen molar-refractivity contribution in [3.8, 4) is 17.1 Å². The van der Waals surface area contributed by atoms with Crippen LogP contribution in [-0.4, -0.2) is 14.1 Å². The number of hydrogen-bond acceptors (Lipinski definition) is 1. The van der Waals surface area contributed by atoms with Crippen molar-refractivity contribution in [2.24, 2.45) is 6.98 Å². The Morgan fingerprint density at radius 2 is 1.88 bits per heavy atom. The maximum atomic E-state index is 8.33. The molecule has 0 spiro atoms. The fourth-order valence-electron chi connectivity index (χ4n) is 4.20. The van der Waals surface area contributed by atoms with E-state index >= 15 is 0 Å². The van der Waals surface area contributed by atoms with E-state index in [1.54, 1.807) is 12.4 Å². The molecule has 1 aliphatic heterocycles. The van der Waals surface area contributed by atoms with Crippen LogP contribution in [0.25, 0.3) is 39.1 Å². The molecule has 0 saturated carbocycles. The van der Waals surface area contributed by atoms with E-state index in [4.69, 9.17) is 4.11 Å². The molecule has 124 valence electrons. The van der Waals surface area contributed by atoms with Crippen LogP contribution in [0.2, 0.25) is 0 Å². The lowest BCUT2D eigenvalue weighted by atomic mass is 10.1. The Balaban J connectivity index is 1.87. The third kappa shape index (κ3) is 1.59. The van der Waals surface area contributed by atoms with Crippen LogP contribution in [0.1, 0.15) is 9.68 Å². The summed E-state index contributed by atoms with van der Waals surface area (Å²) in [4.78, 5) is 4.32. The van der Waals surface area contributed by atoms with E-state index in [0.717, 1.165) is 44.7 Å². The van der Waals surface area contributed by atoms with Gasteiger partial charge in [0.05, 0.1) is 34.8 Å². The Morgan fingerprint density at radius 1 is 1.04 bits per heavy atom. The minimum Gasteiger partial charge on any atom is -0.261 e. The second kappa shape index (κ2) is 4.82. The SMILES string of the molecule is [2H]C([2H])([2H])n1c2[n+](c3c1c1ccncc1n3-c1ccccc1)Cc1ccccc1-2. The van der Waals surface area contributed by atoms with E-state index in [-0.39, 0.29) is 0 Å². The number of nitrogens with zero attached hydrogens (tertiary/aromatic N) is 4. The standard InChI is InChI=1S/C22H17N4/c1-24-20-18-11-12-23-13-19(18)26(16-8-3-2-4-9-16)22(20)25-14-15-7-5-6-10-17(15)21(24)25/h2-13H,14H2,1H3/q+1/i1D3. The van der Waals surface area contributed by atoms with Crippen LogP contribution >= 0.6 is 0 Å². The highest BCUT2D eigenvalue weighted by Crippen LogP contribution is 2.36. The first kappa shape index (κ1) is 11.3.